The molecule has 5 heterocycles. The highest BCUT2D eigenvalue weighted by molar-refractivity contribution is 7.18. The fourth-order valence-corrected chi connectivity index (χ4v) is 6.42. The number of nitrogens with zero attached hydrogens (tertiary/aromatic N) is 7. The van der Waals surface area contributed by atoms with Crippen molar-refractivity contribution < 1.29 is 13.2 Å². The van der Waals surface area contributed by atoms with Crippen molar-refractivity contribution in [2.45, 2.75) is 51.5 Å². The largest absolute Gasteiger partial charge is 0.393 e. The van der Waals surface area contributed by atoms with E-state index in [2.05, 4.69) is 60.7 Å². The van der Waals surface area contributed by atoms with Crippen LogP contribution in [0.5, 0.6) is 0 Å². The van der Waals surface area contributed by atoms with Crippen molar-refractivity contribution in [3.8, 4) is 6.07 Å². The zero-order valence-corrected chi connectivity index (χ0v) is 22.5. The molecule has 1 fully saturated rings. The first-order chi connectivity index (χ1) is 19.3. The second-order valence-electron chi connectivity index (χ2n) is 10.1. The lowest BCUT2D eigenvalue weighted by Crippen LogP contribution is -2.39. The van der Waals surface area contributed by atoms with Gasteiger partial charge in [0.2, 0.25) is 0 Å². The molecule has 40 heavy (non-hydrogen) atoms. The van der Waals surface area contributed by atoms with Gasteiger partial charge in [-0.15, -0.1) is 16.4 Å². The lowest BCUT2D eigenvalue weighted by atomic mass is 10.0. The first-order valence-electron chi connectivity index (χ1n) is 12.9. The summed E-state index contributed by atoms with van der Waals surface area (Å²) in [5.74, 6) is 0.595. The van der Waals surface area contributed by atoms with Crippen molar-refractivity contribution in [3.63, 3.8) is 0 Å². The second kappa shape index (κ2) is 10.5. The molecule has 1 aromatic carbocycles. The zero-order chi connectivity index (χ0) is 27.9. The van der Waals surface area contributed by atoms with Gasteiger partial charge in [0.25, 0.3) is 0 Å². The van der Waals surface area contributed by atoms with E-state index in [-0.39, 0.29) is 10.9 Å². The number of benzene rings is 1. The summed E-state index contributed by atoms with van der Waals surface area (Å²) in [5, 5.41) is 25.4. The van der Waals surface area contributed by atoms with Crippen molar-refractivity contribution in [2.75, 3.05) is 18.4 Å². The molecule has 13 heteroatoms. The number of nitrogens with one attached hydrogen (secondary N) is 2. The highest BCUT2D eigenvalue weighted by Crippen LogP contribution is 2.33. The SMILES string of the molecule is Cc1c(CN2CCC(Nc3ncnc4sc(CC(F)(F)F)cc34)CC2)ccc2c1cc(C#N)n2Cc1c[nH]nn1. The Balaban J connectivity index is 1.12. The predicted molar refractivity (Wildman–Crippen MR) is 146 cm³/mol. The number of aryl methyl sites for hydroxylation is 1. The van der Waals surface area contributed by atoms with Crippen LogP contribution in [0.4, 0.5) is 19.0 Å². The summed E-state index contributed by atoms with van der Waals surface area (Å²) in [4.78, 5) is 11.7. The van der Waals surface area contributed by atoms with Gasteiger partial charge in [-0.25, -0.2) is 9.97 Å². The molecule has 0 spiro atoms. The van der Waals surface area contributed by atoms with E-state index in [1.165, 1.54) is 11.9 Å². The molecule has 0 atom stereocenters. The van der Waals surface area contributed by atoms with E-state index < -0.39 is 12.6 Å². The van der Waals surface area contributed by atoms with Crippen LogP contribution < -0.4 is 5.32 Å². The zero-order valence-electron chi connectivity index (χ0n) is 21.7. The fourth-order valence-electron chi connectivity index (χ4n) is 5.40. The van der Waals surface area contributed by atoms with Gasteiger partial charge >= 0.3 is 6.18 Å². The first kappa shape index (κ1) is 26.2. The number of piperidine rings is 1. The number of aromatic nitrogens is 6. The Kier molecular flexibility index (Phi) is 6.89. The molecule has 5 aromatic rings. The third-order valence-corrected chi connectivity index (χ3v) is 8.49. The van der Waals surface area contributed by atoms with Crippen LogP contribution in [-0.2, 0) is 19.5 Å². The Hall–Kier alpha value is -4.02. The van der Waals surface area contributed by atoms with Crippen LogP contribution in [0.2, 0.25) is 0 Å². The lowest BCUT2D eigenvalue weighted by molar-refractivity contribution is -0.126. The number of hydrogen-bond acceptors (Lipinski definition) is 8. The fraction of sp³-hybridized carbons (Fsp3) is 0.370. The molecule has 0 radical (unpaired) electrons. The molecule has 2 N–H and O–H groups in total. The first-order valence-corrected chi connectivity index (χ1v) is 13.8. The maximum Gasteiger partial charge on any atom is 0.393 e. The Morgan fingerprint density at radius 3 is 2.70 bits per heavy atom. The number of nitriles is 1. The smallest absolute Gasteiger partial charge is 0.367 e. The maximum atomic E-state index is 12.9. The van der Waals surface area contributed by atoms with Gasteiger partial charge in [0, 0.05) is 47.7 Å². The topological polar surface area (TPSA) is 111 Å². The standard InChI is InChI=1S/C27H26F3N9S/c1-16-17(2-3-24-22(16)8-20(11-31)39(24)14-19-12-34-37-36-19)13-38-6-4-18(5-7-38)35-25-23-9-21(10-27(28,29)30)40-26(23)33-15-32-25/h2-3,8-9,12,15,18H,4-7,10,13-14H2,1H3,(H,32,33,35)(H,34,36,37). The van der Waals surface area contributed by atoms with E-state index in [1.54, 1.807) is 12.3 Å². The Morgan fingerprint density at radius 1 is 1.15 bits per heavy atom. The second-order valence-corrected chi connectivity index (χ2v) is 11.2. The van der Waals surface area contributed by atoms with Gasteiger partial charge in [0.1, 0.15) is 34.4 Å². The number of likely N-dealkylation sites (tertiary alicyclic amines) is 1. The van der Waals surface area contributed by atoms with E-state index in [4.69, 9.17) is 0 Å². The molecule has 0 aliphatic carbocycles. The number of thiophene rings is 1. The quantitative estimate of drug-likeness (QED) is 0.280. The van der Waals surface area contributed by atoms with Gasteiger partial charge in [0.05, 0.1) is 18.4 Å². The van der Waals surface area contributed by atoms with Gasteiger partial charge < -0.3 is 9.88 Å². The van der Waals surface area contributed by atoms with Gasteiger partial charge in [-0.05, 0) is 49.1 Å². The normalized spacial score (nSPS) is 15.2. The minimum atomic E-state index is -4.25. The molecule has 9 nitrogen and oxygen atoms in total. The number of halogens is 3. The molecular formula is C27H26F3N9S. The number of hydrogen-bond donors (Lipinski definition) is 2. The molecule has 6 rings (SSSR count). The number of H-pyrrole nitrogens is 1. The van der Waals surface area contributed by atoms with E-state index in [1.807, 2.05) is 10.6 Å². The van der Waals surface area contributed by atoms with Crippen molar-refractivity contribution >= 4 is 38.3 Å². The number of anilines is 1. The average molecular weight is 566 g/mol. The van der Waals surface area contributed by atoms with Gasteiger partial charge in [-0.2, -0.15) is 18.4 Å². The molecule has 206 valence electrons. The third-order valence-electron chi connectivity index (χ3n) is 7.45. The van der Waals surface area contributed by atoms with Crippen molar-refractivity contribution in [1.82, 2.24) is 34.8 Å². The highest BCUT2D eigenvalue weighted by Gasteiger charge is 2.29. The summed E-state index contributed by atoms with van der Waals surface area (Å²) in [6, 6.07) is 10.2. The highest BCUT2D eigenvalue weighted by atomic mass is 32.1. The summed E-state index contributed by atoms with van der Waals surface area (Å²) in [5.41, 5.74) is 4.71. The molecule has 0 saturated carbocycles. The van der Waals surface area contributed by atoms with Crippen LogP contribution >= 0.6 is 11.3 Å². The van der Waals surface area contributed by atoms with E-state index in [0.29, 0.717) is 28.3 Å². The van der Waals surface area contributed by atoms with Crippen LogP contribution in [0.3, 0.4) is 0 Å². The lowest BCUT2D eigenvalue weighted by Gasteiger charge is -2.33. The third kappa shape index (κ3) is 5.37. The average Bonchev–Trinajstić information content (AvgIpc) is 3.66. The molecule has 1 saturated heterocycles. The minimum Gasteiger partial charge on any atom is -0.367 e. The minimum absolute atomic E-state index is 0.174. The van der Waals surface area contributed by atoms with Crippen LogP contribution in [0.25, 0.3) is 21.1 Å². The summed E-state index contributed by atoms with van der Waals surface area (Å²) in [6.45, 7) is 5.12. The molecule has 1 aliphatic heterocycles. The number of aromatic amines is 1. The molecule has 4 aromatic heterocycles. The van der Waals surface area contributed by atoms with E-state index >= 15 is 0 Å². The van der Waals surface area contributed by atoms with Crippen molar-refractivity contribution in [3.05, 3.63) is 64.2 Å². The van der Waals surface area contributed by atoms with Gasteiger partial charge in [0.15, 0.2) is 0 Å². The predicted octanol–water partition coefficient (Wildman–Crippen LogP) is 5.17. The van der Waals surface area contributed by atoms with E-state index in [0.717, 1.165) is 66.0 Å². The number of rotatable bonds is 7. The molecule has 1 aliphatic rings. The molecule has 0 amide bonds. The van der Waals surface area contributed by atoms with Crippen LogP contribution in [0.15, 0.2) is 36.8 Å². The Morgan fingerprint density at radius 2 is 1.98 bits per heavy atom. The summed E-state index contributed by atoms with van der Waals surface area (Å²) in [7, 11) is 0. The Bertz CT molecular complexity index is 1690. The maximum absolute atomic E-state index is 12.9. The number of fused-ring (bicyclic) bond motifs is 2. The monoisotopic (exact) mass is 565 g/mol. The summed E-state index contributed by atoms with van der Waals surface area (Å²) >= 11 is 1.06. The summed E-state index contributed by atoms with van der Waals surface area (Å²) in [6.07, 6.45) is -0.300. The number of alkyl halides is 3. The van der Waals surface area contributed by atoms with Crippen LogP contribution in [0, 0.1) is 18.3 Å². The van der Waals surface area contributed by atoms with Crippen LogP contribution in [-0.4, -0.2) is 60.2 Å². The molecule has 0 unspecified atom stereocenters. The van der Waals surface area contributed by atoms with Crippen LogP contribution in [0.1, 0.15) is 40.2 Å². The molecular weight excluding hydrogens is 539 g/mol. The Labute approximate surface area is 231 Å². The summed E-state index contributed by atoms with van der Waals surface area (Å²) < 4.78 is 40.6. The van der Waals surface area contributed by atoms with E-state index in [9.17, 15) is 18.4 Å². The van der Waals surface area contributed by atoms with Gasteiger partial charge in [-0.3, -0.25) is 10.00 Å². The van der Waals surface area contributed by atoms with Crippen molar-refractivity contribution in [2.24, 2.45) is 0 Å². The molecule has 0 bridgehead atoms. The van der Waals surface area contributed by atoms with Crippen molar-refractivity contribution in [1.29, 1.82) is 5.26 Å². The van der Waals surface area contributed by atoms with Gasteiger partial charge in [-0.1, -0.05) is 11.3 Å².